The molecule has 1 unspecified atom stereocenters. The van der Waals surface area contributed by atoms with Crippen LogP contribution in [0.15, 0.2) is 47.1 Å². The van der Waals surface area contributed by atoms with Crippen molar-refractivity contribution in [2.24, 2.45) is 5.92 Å². The lowest BCUT2D eigenvalue weighted by Crippen LogP contribution is -2.11. The Morgan fingerprint density at radius 1 is 1.06 bits per heavy atom. The molecular weight excluding hydrogens is 200 g/mol. The molecule has 0 radical (unpaired) electrons. The smallest absolute Gasteiger partial charge is 0.132 e. The zero-order chi connectivity index (χ0) is 11.0. The zero-order valence-electron chi connectivity index (χ0n) is 8.97. The maximum Gasteiger partial charge on any atom is 0.132 e. The van der Waals surface area contributed by atoms with Crippen molar-refractivity contribution in [2.45, 2.75) is 18.9 Å². The van der Waals surface area contributed by atoms with Crippen molar-refractivity contribution in [2.75, 3.05) is 0 Å². The first-order valence-electron chi connectivity index (χ1n) is 5.63. The number of aliphatic hydroxyl groups is 1. The van der Waals surface area contributed by atoms with Crippen molar-refractivity contribution in [3.63, 3.8) is 0 Å². The highest BCUT2D eigenvalue weighted by molar-refractivity contribution is 5.32. The van der Waals surface area contributed by atoms with Crippen LogP contribution in [0.3, 0.4) is 0 Å². The van der Waals surface area contributed by atoms with Gasteiger partial charge in [-0.25, -0.2) is 0 Å². The molecule has 1 N–H and O–H groups in total. The fourth-order valence-electron chi connectivity index (χ4n) is 2.51. The summed E-state index contributed by atoms with van der Waals surface area (Å²) in [6.45, 7) is 0. The second-order valence-corrected chi connectivity index (χ2v) is 4.40. The highest BCUT2D eigenvalue weighted by Crippen LogP contribution is 2.35. The van der Waals surface area contributed by atoms with E-state index in [-0.39, 0.29) is 5.92 Å². The van der Waals surface area contributed by atoms with Gasteiger partial charge in [-0.2, -0.15) is 0 Å². The first-order chi connectivity index (χ1) is 7.84. The van der Waals surface area contributed by atoms with Crippen LogP contribution < -0.4 is 0 Å². The summed E-state index contributed by atoms with van der Waals surface area (Å²) in [7, 11) is 0. The van der Waals surface area contributed by atoms with Gasteiger partial charge in [0.15, 0.2) is 0 Å². The Balaban J connectivity index is 1.81. The number of benzene rings is 1. The van der Waals surface area contributed by atoms with Gasteiger partial charge in [0, 0.05) is 5.92 Å². The van der Waals surface area contributed by atoms with Crippen LogP contribution >= 0.6 is 0 Å². The number of rotatable bonds is 2. The quantitative estimate of drug-likeness (QED) is 0.833. The topological polar surface area (TPSA) is 33.4 Å². The van der Waals surface area contributed by atoms with E-state index >= 15 is 0 Å². The van der Waals surface area contributed by atoms with Crippen molar-refractivity contribution < 1.29 is 9.52 Å². The molecular formula is C14H14O2. The number of hydrogen-bond acceptors (Lipinski definition) is 2. The predicted molar refractivity (Wildman–Crippen MR) is 61.0 cm³/mol. The van der Waals surface area contributed by atoms with Gasteiger partial charge in [0.2, 0.25) is 0 Å². The molecule has 2 nitrogen and oxygen atoms in total. The summed E-state index contributed by atoms with van der Waals surface area (Å²) >= 11 is 0. The molecule has 1 aromatic carbocycles. The van der Waals surface area contributed by atoms with Gasteiger partial charge in [0.05, 0.1) is 6.26 Å². The van der Waals surface area contributed by atoms with Gasteiger partial charge in [0.1, 0.15) is 11.9 Å². The van der Waals surface area contributed by atoms with Crippen molar-refractivity contribution in [3.8, 4) is 0 Å². The molecule has 0 saturated heterocycles. The standard InChI is InChI=1S/C14H14O2/c15-14(13-6-3-7-16-13)12-8-10-4-1-2-5-11(10)9-12/h1-7,12,14-15H,8-9H2. The molecule has 1 heterocycles. The first kappa shape index (κ1) is 9.67. The molecule has 2 aromatic rings. The third-order valence-corrected chi connectivity index (χ3v) is 3.36. The Bertz CT molecular complexity index is 448. The summed E-state index contributed by atoms with van der Waals surface area (Å²) in [6, 6.07) is 12.1. The molecule has 0 aliphatic heterocycles. The van der Waals surface area contributed by atoms with E-state index in [0.29, 0.717) is 5.76 Å². The van der Waals surface area contributed by atoms with Crippen LogP contribution in [-0.2, 0) is 12.8 Å². The van der Waals surface area contributed by atoms with Crippen LogP contribution in [0.4, 0.5) is 0 Å². The Hall–Kier alpha value is -1.54. The fourth-order valence-corrected chi connectivity index (χ4v) is 2.51. The summed E-state index contributed by atoms with van der Waals surface area (Å²) < 4.78 is 5.26. The molecule has 1 atom stereocenters. The zero-order valence-corrected chi connectivity index (χ0v) is 8.97. The average Bonchev–Trinajstić information content (AvgIpc) is 2.97. The second-order valence-electron chi connectivity index (χ2n) is 4.40. The summed E-state index contributed by atoms with van der Waals surface area (Å²) in [4.78, 5) is 0. The first-order valence-corrected chi connectivity index (χ1v) is 5.63. The normalized spacial score (nSPS) is 17.3. The lowest BCUT2D eigenvalue weighted by atomic mass is 9.97. The summed E-state index contributed by atoms with van der Waals surface area (Å²) in [5.74, 6) is 0.932. The van der Waals surface area contributed by atoms with E-state index in [1.807, 2.05) is 12.1 Å². The Labute approximate surface area is 94.5 Å². The van der Waals surface area contributed by atoms with Gasteiger partial charge in [-0.05, 0) is 36.1 Å². The molecule has 1 aromatic heterocycles. The van der Waals surface area contributed by atoms with Crippen molar-refractivity contribution in [1.29, 1.82) is 0 Å². The molecule has 1 aliphatic rings. The summed E-state index contributed by atoms with van der Waals surface area (Å²) in [5, 5.41) is 10.2. The molecule has 82 valence electrons. The lowest BCUT2D eigenvalue weighted by molar-refractivity contribution is 0.0904. The largest absolute Gasteiger partial charge is 0.467 e. The minimum atomic E-state index is -0.484. The highest BCUT2D eigenvalue weighted by atomic mass is 16.4. The number of aliphatic hydroxyl groups excluding tert-OH is 1. The van der Waals surface area contributed by atoms with Crippen LogP contribution in [-0.4, -0.2) is 5.11 Å². The summed E-state index contributed by atoms with van der Waals surface area (Å²) in [5.41, 5.74) is 2.72. The molecule has 0 bridgehead atoms. The minimum absolute atomic E-state index is 0.253. The number of furan rings is 1. The van der Waals surface area contributed by atoms with Gasteiger partial charge in [-0.1, -0.05) is 24.3 Å². The molecule has 0 fully saturated rings. The van der Waals surface area contributed by atoms with Crippen LogP contribution in [0.1, 0.15) is 23.0 Å². The molecule has 3 rings (SSSR count). The molecule has 0 spiro atoms. The van der Waals surface area contributed by atoms with Gasteiger partial charge < -0.3 is 9.52 Å². The number of hydrogen-bond donors (Lipinski definition) is 1. The Kier molecular flexibility index (Phi) is 2.29. The Morgan fingerprint density at radius 3 is 2.31 bits per heavy atom. The average molecular weight is 214 g/mol. The van der Waals surface area contributed by atoms with E-state index in [0.717, 1.165) is 12.8 Å². The van der Waals surface area contributed by atoms with Crippen molar-refractivity contribution in [3.05, 3.63) is 59.5 Å². The van der Waals surface area contributed by atoms with Crippen LogP contribution in [0, 0.1) is 5.92 Å². The van der Waals surface area contributed by atoms with Gasteiger partial charge in [-0.3, -0.25) is 0 Å². The number of fused-ring (bicyclic) bond motifs is 1. The lowest BCUT2D eigenvalue weighted by Gasteiger charge is -2.14. The van der Waals surface area contributed by atoms with Gasteiger partial charge in [-0.15, -0.1) is 0 Å². The molecule has 2 heteroatoms. The minimum Gasteiger partial charge on any atom is -0.467 e. The van der Waals surface area contributed by atoms with Crippen molar-refractivity contribution >= 4 is 0 Å². The second kappa shape index (κ2) is 3.80. The fraction of sp³-hybridized carbons (Fsp3) is 0.286. The van der Waals surface area contributed by atoms with Crippen molar-refractivity contribution in [1.82, 2.24) is 0 Å². The van der Waals surface area contributed by atoms with E-state index in [1.165, 1.54) is 11.1 Å². The van der Waals surface area contributed by atoms with Crippen LogP contribution in [0.2, 0.25) is 0 Å². The third-order valence-electron chi connectivity index (χ3n) is 3.36. The maximum absolute atomic E-state index is 10.2. The van der Waals surface area contributed by atoms with E-state index in [4.69, 9.17) is 4.42 Å². The predicted octanol–water partition coefficient (Wildman–Crippen LogP) is 2.73. The highest BCUT2D eigenvalue weighted by Gasteiger charge is 2.29. The maximum atomic E-state index is 10.2. The summed E-state index contributed by atoms with van der Waals surface area (Å²) in [6.07, 6.45) is 3.01. The third kappa shape index (κ3) is 1.55. The molecule has 16 heavy (non-hydrogen) atoms. The SMILES string of the molecule is OC(c1ccco1)C1Cc2ccccc2C1. The Morgan fingerprint density at radius 2 is 1.75 bits per heavy atom. The molecule has 0 amide bonds. The van der Waals surface area contributed by atoms with Crippen LogP contribution in [0.5, 0.6) is 0 Å². The van der Waals surface area contributed by atoms with Gasteiger partial charge >= 0.3 is 0 Å². The monoisotopic (exact) mass is 214 g/mol. The van der Waals surface area contributed by atoms with Crippen LogP contribution in [0.25, 0.3) is 0 Å². The molecule has 1 aliphatic carbocycles. The van der Waals surface area contributed by atoms with E-state index in [2.05, 4.69) is 24.3 Å². The van der Waals surface area contributed by atoms with E-state index in [1.54, 1.807) is 6.26 Å². The van der Waals surface area contributed by atoms with E-state index in [9.17, 15) is 5.11 Å². The van der Waals surface area contributed by atoms with Gasteiger partial charge in [0.25, 0.3) is 0 Å². The molecule has 0 saturated carbocycles. The van der Waals surface area contributed by atoms with E-state index < -0.39 is 6.10 Å².